The summed E-state index contributed by atoms with van der Waals surface area (Å²) in [6.45, 7) is 5.31. The van der Waals surface area contributed by atoms with Crippen LogP contribution in [0.15, 0.2) is 18.2 Å². The molecule has 104 valence electrons. The van der Waals surface area contributed by atoms with Crippen LogP contribution in [0.5, 0.6) is 5.75 Å². The number of benzene rings is 1. The van der Waals surface area contributed by atoms with Gasteiger partial charge in [-0.25, -0.2) is 0 Å². The maximum absolute atomic E-state index is 6.45. The van der Waals surface area contributed by atoms with Crippen LogP contribution in [0.25, 0.3) is 0 Å². The Balaban J connectivity index is 1.92. The van der Waals surface area contributed by atoms with Gasteiger partial charge in [0.25, 0.3) is 0 Å². The van der Waals surface area contributed by atoms with Crippen molar-refractivity contribution in [3.05, 3.63) is 29.3 Å². The molecule has 0 aromatic heterocycles. The van der Waals surface area contributed by atoms with E-state index >= 15 is 0 Å². The Bertz CT molecular complexity index is 446. The second kappa shape index (κ2) is 5.51. The number of likely N-dealkylation sites (tertiary alicyclic amines) is 1. The van der Waals surface area contributed by atoms with E-state index in [1.165, 1.54) is 30.5 Å². The molecule has 1 fully saturated rings. The maximum atomic E-state index is 6.45. The number of hydrogen-bond donors (Lipinski definition) is 1. The van der Waals surface area contributed by atoms with Crippen molar-refractivity contribution in [1.29, 1.82) is 0 Å². The van der Waals surface area contributed by atoms with Crippen molar-refractivity contribution in [1.82, 2.24) is 4.90 Å². The molecule has 0 aliphatic carbocycles. The zero-order valence-corrected chi connectivity index (χ0v) is 11.8. The first-order valence-corrected chi connectivity index (χ1v) is 7.55. The van der Waals surface area contributed by atoms with Gasteiger partial charge >= 0.3 is 0 Å². The van der Waals surface area contributed by atoms with Crippen LogP contribution in [0.2, 0.25) is 0 Å². The minimum Gasteiger partial charge on any atom is -0.493 e. The van der Waals surface area contributed by atoms with Crippen molar-refractivity contribution in [2.75, 3.05) is 19.7 Å². The Hall–Kier alpha value is -1.06. The number of rotatable bonds is 2. The number of likely N-dealkylation sites (N-methyl/N-ethyl adjacent to an activating group) is 1. The average molecular weight is 260 g/mol. The fourth-order valence-electron chi connectivity index (χ4n) is 3.47. The monoisotopic (exact) mass is 260 g/mol. The third-order valence-corrected chi connectivity index (χ3v) is 4.49. The van der Waals surface area contributed by atoms with Gasteiger partial charge in [-0.2, -0.15) is 0 Å². The minimum absolute atomic E-state index is 0.253. The summed E-state index contributed by atoms with van der Waals surface area (Å²) in [6, 6.07) is 7.29. The molecule has 3 rings (SSSR count). The third kappa shape index (κ3) is 2.49. The summed E-state index contributed by atoms with van der Waals surface area (Å²) >= 11 is 0. The van der Waals surface area contributed by atoms with Crippen LogP contribution in [0, 0.1) is 0 Å². The first-order valence-electron chi connectivity index (χ1n) is 7.55. The summed E-state index contributed by atoms with van der Waals surface area (Å²) in [7, 11) is 0. The molecule has 2 aliphatic rings. The van der Waals surface area contributed by atoms with Gasteiger partial charge in [-0.3, -0.25) is 4.90 Å². The van der Waals surface area contributed by atoms with Crippen molar-refractivity contribution in [3.8, 4) is 5.75 Å². The van der Waals surface area contributed by atoms with E-state index in [9.17, 15) is 0 Å². The molecule has 2 atom stereocenters. The van der Waals surface area contributed by atoms with Crippen molar-refractivity contribution >= 4 is 0 Å². The normalized spacial score (nSPS) is 27.7. The molecule has 1 saturated heterocycles. The highest BCUT2D eigenvalue weighted by molar-refractivity contribution is 5.41. The molecule has 19 heavy (non-hydrogen) atoms. The van der Waals surface area contributed by atoms with Crippen LogP contribution in [-0.4, -0.2) is 30.6 Å². The number of nitrogens with two attached hydrogens (primary N) is 1. The summed E-state index contributed by atoms with van der Waals surface area (Å²) in [5.74, 6) is 1.06. The second-order valence-electron chi connectivity index (χ2n) is 5.70. The SMILES string of the molecule is CCN1CCCCC(N)C1c1ccc2c(c1)CCO2. The number of fused-ring (bicyclic) bond motifs is 1. The van der Waals surface area contributed by atoms with E-state index in [1.807, 2.05) is 0 Å². The van der Waals surface area contributed by atoms with Crippen molar-refractivity contribution < 1.29 is 4.74 Å². The molecule has 1 aromatic carbocycles. The molecule has 1 aromatic rings. The minimum atomic E-state index is 0.253. The molecule has 2 unspecified atom stereocenters. The van der Waals surface area contributed by atoms with E-state index in [0.717, 1.165) is 31.7 Å². The number of hydrogen-bond acceptors (Lipinski definition) is 3. The molecule has 0 amide bonds. The molecule has 0 radical (unpaired) electrons. The Kier molecular flexibility index (Phi) is 3.76. The zero-order valence-electron chi connectivity index (χ0n) is 11.8. The van der Waals surface area contributed by atoms with Crippen LogP contribution in [0.4, 0.5) is 0 Å². The highest BCUT2D eigenvalue weighted by Gasteiger charge is 2.28. The van der Waals surface area contributed by atoms with Gasteiger partial charge < -0.3 is 10.5 Å². The molecule has 2 heterocycles. The van der Waals surface area contributed by atoms with E-state index in [2.05, 4.69) is 30.0 Å². The van der Waals surface area contributed by atoms with E-state index in [-0.39, 0.29) is 6.04 Å². The fraction of sp³-hybridized carbons (Fsp3) is 0.625. The zero-order chi connectivity index (χ0) is 13.2. The lowest BCUT2D eigenvalue weighted by atomic mass is 9.94. The Morgan fingerprint density at radius 1 is 1.37 bits per heavy atom. The molecule has 2 N–H and O–H groups in total. The second-order valence-corrected chi connectivity index (χ2v) is 5.70. The average Bonchev–Trinajstić information content (AvgIpc) is 2.81. The van der Waals surface area contributed by atoms with Gasteiger partial charge in [0, 0.05) is 18.5 Å². The molecule has 0 spiro atoms. The lowest BCUT2D eigenvalue weighted by Crippen LogP contribution is -2.39. The molecular weight excluding hydrogens is 236 g/mol. The summed E-state index contributed by atoms with van der Waals surface area (Å²) in [4.78, 5) is 2.54. The van der Waals surface area contributed by atoms with Gasteiger partial charge in [0.05, 0.1) is 6.61 Å². The molecular formula is C16H24N2O. The number of ether oxygens (including phenoxy) is 1. The highest BCUT2D eigenvalue weighted by atomic mass is 16.5. The van der Waals surface area contributed by atoms with Crippen molar-refractivity contribution in [3.63, 3.8) is 0 Å². The highest BCUT2D eigenvalue weighted by Crippen LogP contribution is 2.33. The quantitative estimate of drug-likeness (QED) is 0.888. The largest absolute Gasteiger partial charge is 0.493 e. The summed E-state index contributed by atoms with van der Waals surface area (Å²) in [5.41, 5.74) is 9.18. The van der Waals surface area contributed by atoms with Gasteiger partial charge in [-0.1, -0.05) is 25.5 Å². The lowest BCUT2D eigenvalue weighted by molar-refractivity contribution is 0.195. The summed E-state index contributed by atoms with van der Waals surface area (Å²) < 4.78 is 5.60. The fourth-order valence-corrected chi connectivity index (χ4v) is 3.47. The molecule has 2 aliphatic heterocycles. The van der Waals surface area contributed by atoms with Crippen LogP contribution in [0.3, 0.4) is 0 Å². The van der Waals surface area contributed by atoms with Gasteiger partial charge in [0.2, 0.25) is 0 Å². The Morgan fingerprint density at radius 2 is 2.26 bits per heavy atom. The Labute approximate surface area is 115 Å². The molecule has 3 nitrogen and oxygen atoms in total. The smallest absolute Gasteiger partial charge is 0.122 e. The van der Waals surface area contributed by atoms with Crippen molar-refractivity contribution in [2.45, 2.75) is 44.7 Å². The summed E-state index contributed by atoms with van der Waals surface area (Å²) in [5, 5.41) is 0. The number of nitrogens with zero attached hydrogens (tertiary/aromatic N) is 1. The van der Waals surface area contributed by atoms with Crippen LogP contribution < -0.4 is 10.5 Å². The van der Waals surface area contributed by atoms with E-state index in [1.54, 1.807) is 0 Å². The van der Waals surface area contributed by atoms with Crippen molar-refractivity contribution in [2.24, 2.45) is 5.73 Å². The van der Waals surface area contributed by atoms with E-state index in [0.29, 0.717) is 6.04 Å². The van der Waals surface area contributed by atoms with Gasteiger partial charge in [0.15, 0.2) is 0 Å². The third-order valence-electron chi connectivity index (χ3n) is 4.49. The standard InChI is InChI=1S/C16H24N2O/c1-2-18-9-4-3-5-14(17)16(18)13-6-7-15-12(11-13)8-10-19-15/h6-7,11,14,16H,2-5,8-10,17H2,1H3. The lowest BCUT2D eigenvalue weighted by Gasteiger charge is -2.33. The van der Waals surface area contributed by atoms with Gasteiger partial charge in [-0.15, -0.1) is 0 Å². The molecule has 3 heteroatoms. The van der Waals surface area contributed by atoms with Gasteiger partial charge in [0.1, 0.15) is 5.75 Å². The first-order chi connectivity index (χ1) is 9.29. The van der Waals surface area contributed by atoms with Crippen LogP contribution >= 0.6 is 0 Å². The van der Waals surface area contributed by atoms with E-state index in [4.69, 9.17) is 10.5 Å². The Morgan fingerprint density at radius 3 is 3.11 bits per heavy atom. The first kappa shape index (κ1) is 12.9. The molecule has 0 saturated carbocycles. The predicted molar refractivity (Wildman–Crippen MR) is 77.5 cm³/mol. The van der Waals surface area contributed by atoms with Crippen LogP contribution in [0.1, 0.15) is 43.4 Å². The maximum Gasteiger partial charge on any atom is 0.122 e. The van der Waals surface area contributed by atoms with E-state index < -0.39 is 0 Å². The van der Waals surface area contributed by atoms with Crippen LogP contribution in [-0.2, 0) is 6.42 Å². The predicted octanol–water partition coefficient (Wildman–Crippen LogP) is 2.50. The van der Waals surface area contributed by atoms with Gasteiger partial charge in [-0.05, 0) is 43.1 Å². The molecule has 0 bridgehead atoms. The topological polar surface area (TPSA) is 38.5 Å². The summed E-state index contributed by atoms with van der Waals surface area (Å²) in [6.07, 6.45) is 4.69.